The number of hydrogen-bond acceptors (Lipinski definition) is 2. The van der Waals surface area contributed by atoms with Crippen LogP contribution in [-0.2, 0) is 5.88 Å². The molecule has 3 nitrogen and oxygen atoms in total. The summed E-state index contributed by atoms with van der Waals surface area (Å²) in [6.45, 7) is 0. The summed E-state index contributed by atoms with van der Waals surface area (Å²) < 4.78 is 5.28. The summed E-state index contributed by atoms with van der Waals surface area (Å²) in [5.41, 5.74) is 2.34. The Balaban J connectivity index is 2.27. The number of rotatable bonds is 4. The minimum atomic E-state index is -0.0874. The molecule has 0 atom stereocenters. The zero-order valence-corrected chi connectivity index (χ0v) is 12.2. The molecule has 0 aliphatic carbocycles. The average Bonchev–Trinajstić information content (AvgIpc) is 2.53. The third-order valence-corrected chi connectivity index (χ3v) is 3.41. The maximum atomic E-state index is 12.5. The zero-order valence-electron chi connectivity index (χ0n) is 11.5. The number of nitrogens with zero attached hydrogens (tertiary/aromatic N) is 1. The molecule has 0 unspecified atom stereocenters. The van der Waals surface area contributed by atoms with E-state index >= 15 is 0 Å². The molecular weight excluding hydrogens is 274 g/mol. The lowest BCUT2D eigenvalue weighted by atomic mass is 10.1. The highest BCUT2D eigenvalue weighted by Crippen LogP contribution is 2.27. The molecule has 0 aliphatic heterocycles. The van der Waals surface area contributed by atoms with Gasteiger partial charge in [0.05, 0.1) is 12.8 Å². The van der Waals surface area contributed by atoms with Gasteiger partial charge in [-0.25, -0.2) is 0 Å². The van der Waals surface area contributed by atoms with Crippen molar-refractivity contribution in [3.63, 3.8) is 0 Å². The Labute approximate surface area is 123 Å². The number of benzene rings is 2. The first-order valence-corrected chi connectivity index (χ1v) is 6.76. The SMILES string of the molecule is COc1ccccc1N(C)C(=O)c1ccc(CCl)cc1. The number of carbonyl (C=O) groups excluding carboxylic acids is 1. The third-order valence-electron chi connectivity index (χ3n) is 3.11. The highest BCUT2D eigenvalue weighted by Gasteiger charge is 2.16. The van der Waals surface area contributed by atoms with Crippen molar-refractivity contribution in [1.29, 1.82) is 0 Å². The van der Waals surface area contributed by atoms with E-state index in [-0.39, 0.29) is 5.91 Å². The summed E-state index contributed by atoms with van der Waals surface area (Å²) in [5.74, 6) is 1.02. The molecule has 20 heavy (non-hydrogen) atoms. The van der Waals surface area contributed by atoms with Gasteiger partial charge in [0.15, 0.2) is 0 Å². The Hall–Kier alpha value is -2.00. The van der Waals surface area contributed by atoms with Crippen LogP contribution in [0, 0.1) is 0 Å². The number of alkyl halides is 1. The summed E-state index contributed by atoms with van der Waals surface area (Å²) in [6.07, 6.45) is 0. The highest BCUT2D eigenvalue weighted by molar-refractivity contribution is 6.17. The van der Waals surface area contributed by atoms with Crippen LogP contribution >= 0.6 is 11.6 Å². The van der Waals surface area contributed by atoms with E-state index in [0.717, 1.165) is 11.3 Å². The molecule has 0 radical (unpaired) electrons. The van der Waals surface area contributed by atoms with Gasteiger partial charge in [-0.05, 0) is 29.8 Å². The van der Waals surface area contributed by atoms with E-state index in [1.807, 2.05) is 36.4 Å². The van der Waals surface area contributed by atoms with E-state index in [0.29, 0.717) is 17.2 Å². The second-order valence-corrected chi connectivity index (χ2v) is 4.63. The quantitative estimate of drug-likeness (QED) is 0.803. The van der Waals surface area contributed by atoms with Crippen LogP contribution in [0.25, 0.3) is 0 Å². The standard InChI is InChI=1S/C16H16ClNO2/c1-18(14-5-3-4-6-15(14)20-2)16(19)13-9-7-12(11-17)8-10-13/h3-10H,11H2,1-2H3. The number of hydrogen-bond donors (Lipinski definition) is 0. The van der Waals surface area contributed by atoms with E-state index in [2.05, 4.69) is 0 Å². The van der Waals surface area contributed by atoms with Gasteiger partial charge >= 0.3 is 0 Å². The first kappa shape index (κ1) is 14.4. The lowest BCUT2D eigenvalue weighted by Crippen LogP contribution is -2.26. The Morgan fingerprint density at radius 1 is 1.15 bits per heavy atom. The van der Waals surface area contributed by atoms with Gasteiger partial charge in [-0.3, -0.25) is 4.79 Å². The van der Waals surface area contributed by atoms with Crippen molar-refractivity contribution in [2.75, 3.05) is 19.1 Å². The van der Waals surface area contributed by atoms with Crippen molar-refractivity contribution in [2.24, 2.45) is 0 Å². The number of ether oxygens (including phenoxy) is 1. The van der Waals surface area contributed by atoms with Crippen molar-refractivity contribution < 1.29 is 9.53 Å². The van der Waals surface area contributed by atoms with Crippen LogP contribution in [0.3, 0.4) is 0 Å². The summed E-state index contributed by atoms with van der Waals surface area (Å²) in [4.78, 5) is 14.0. The smallest absolute Gasteiger partial charge is 0.258 e. The maximum Gasteiger partial charge on any atom is 0.258 e. The fraction of sp³-hybridized carbons (Fsp3) is 0.188. The molecule has 0 N–H and O–H groups in total. The fourth-order valence-electron chi connectivity index (χ4n) is 1.95. The van der Waals surface area contributed by atoms with Crippen LogP contribution in [0.15, 0.2) is 48.5 Å². The molecule has 2 rings (SSSR count). The summed E-state index contributed by atoms with van der Waals surface area (Å²) in [6, 6.07) is 14.7. The molecule has 1 amide bonds. The second kappa shape index (κ2) is 6.44. The number of amides is 1. The van der Waals surface area contributed by atoms with Gasteiger partial charge < -0.3 is 9.64 Å². The summed E-state index contributed by atoms with van der Waals surface area (Å²) in [5, 5.41) is 0. The Kier molecular flexibility index (Phi) is 4.64. The van der Waals surface area contributed by atoms with Crippen molar-refractivity contribution in [1.82, 2.24) is 0 Å². The van der Waals surface area contributed by atoms with Crippen LogP contribution in [-0.4, -0.2) is 20.1 Å². The predicted molar refractivity (Wildman–Crippen MR) is 81.7 cm³/mol. The molecule has 0 saturated carbocycles. The van der Waals surface area contributed by atoms with Gasteiger partial charge in [0.25, 0.3) is 5.91 Å². The molecule has 104 valence electrons. The Morgan fingerprint density at radius 2 is 1.80 bits per heavy atom. The monoisotopic (exact) mass is 289 g/mol. The average molecular weight is 290 g/mol. The minimum Gasteiger partial charge on any atom is -0.495 e. The summed E-state index contributed by atoms with van der Waals surface area (Å²) >= 11 is 5.74. The molecule has 2 aromatic rings. The van der Waals surface area contributed by atoms with E-state index in [9.17, 15) is 4.79 Å². The van der Waals surface area contributed by atoms with Crippen molar-refractivity contribution in [2.45, 2.75) is 5.88 Å². The minimum absolute atomic E-state index is 0.0874. The van der Waals surface area contributed by atoms with Gasteiger partial charge in [0.1, 0.15) is 5.75 Å². The van der Waals surface area contributed by atoms with E-state index in [4.69, 9.17) is 16.3 Å². The third kappa shape index (κ3) is 2.94. The highest BCUT2D eigenvalue weighted by atomic mass is 35.5. The van der Waals surface area contributed by atoms with Crippen molar-refractivity contribution in [3.05, 3.63) is 59.7 Å². The van der Waals surface area contributed by atoms with Gasteiger partial charge in [0.2, 0.25) is 0 Å². The van der Waals surface area contributed by atoms with E-state index < -0.39 is 0 Å². The first-order chi connectivity index (χ1) is 9.67. The lowest BCUT2D eigenvalue weighted by Gasteiger charge is -2.20. The molecule has 0 aliphatic rings. The number of halogens is 1. The molecule has 0 saturated heterocycles. The number of para-hydroxylation sites is 2. The second-order valence-electron chi connectivity index (χ2n) is 4.37. The van der Waals surface area contributed by atoms with Crippen LogP contribution in [0.5, 0.6) is 5.75 Å². The normalized spacial score (nSPS) is 10.2. The maximum absolute atomic E-state index is 12.5. The zero-order chi connectivity index (χ0) is 14.5. The van der Waals surface area contributed by atoms with E-state index in [1.165, 1.54) is 0 Å². The lowest BCUT2D eigenvalue weighted by molar-refractivity contribution is 0.0992. The number of methoxy groups -OCH3 is 1. The Morgan fingerprint density at radius 3 is 2.40 bits per heavy atom. The van der Waals surface area contributed by atoms with Crippen molar-refractivity contribution in [3.8, 4) is 5.75 Å². The summed E-state index contributed by atoms with van der Waals surface area (Å²) in [7, 11) is 3.32. The molecule has 0 aromatic heterocycles. The van der Waals surface area contributed by atoms with Crippen LogP contribution in [0.1, 0.15) is 15.9 Å². The Bertz CT molecular complexity index is 596. The van der Waals surface area contributed by atoms with Crippen LogP contribution in [0.2, 0.25) is 0 Å². The van der Waals surface area contributed by atoms with E-state index in [1.54, 1.807) is 31.2 Å². The molecular formula is C16H16ClNO2. The van der Waals surface area contributed by atoms with Gasteiger partial charge in [-0.2, -0.15) is 0 Å². The molecule has 4 heteroatoms. The van der Waals surface area contributed by atoms with Gasteiger partial charge in [-0.15, -0.1) is 11.6 Å². The van der Waals surface area contributed by atoms with Crippen LogP contribution < -0.4 is 9.64 Å². The molecule has 0 bridgehead atoms. The molecule has 2 aromatic carbocycles. The molecule has 0 fully saturated rings. The van der Waals surface area contributed by atoms with Crippen molar-refractivity contribution >= 4 is 23.2 Å². The molecule has 0 heterocycles. The number of carbonyl (C=O) groups is 1. The van der Waals surface area contributed by atoms with Crippen LogP contribution in [0.4, 0.5) is 5.69 Å². The largest absolute Gasteiger partial charge is 0.495 e. The van der Waals surface area contributed by atoms with Gasteiger partial charge in [-0.1, -0.05) is 24.3 Å². The fourth-order valence-corrected chi connectivity index (χ4v) is 2.12. The first-order valence-electron chi connectivity index (χ1n) is 6.23. The predicted octanol–water partition coefficient (Wildman–Crippen LogP) is 3.71. The topological polar surface area (TPSA) is 29.5 Å². The molecule has 0 spiro atoms. The van der Waals surface area contributed by atoms with Gasteiger partial charge in [0, 0.05) is 18.5 Å². The number of anilines is 1.